The summed E-state index contributed by atoms with van der Waals surface area (Å²) < 4.78 is 12.3. The molecule has 0 fully saturated rings. The first kappa shape index (κ1) is 13.7. The van der Waals surface area contributed by atoms with Crippen molar-refractivity contribution >= 4 is 43.8 Å². The van der Waals surface area contributed by atoms with E-state index in [2.05, 4.69) is 12.1 Å². The van der Waals surface area contributed by atoms with Crippen molar-refractivity contribution in [3.63, 3.8) is 0 Å². The SMILES string of the molecule is c1ccc2oc(-c3nc4ccccc4c4c3oc3ccccc34)cc2c1. The predicted molar refractivity (Wildman–Crippen MR) is 104 cm³/mol. The summed E-state index contributed by atoms with van der Waals surface area (Å²) >= 11 is 0. The van der Waals surface area contributed by atoms with Crippen LogP contribution in [0.25, 0.3) is 55.3 Å². The normalized spacial score (nSPS) is 11.8. The summed E-state index contributed by atoms with van der Waals surface area (Å²) in [6, 6.07) is 26.3. The maximum atomic E-state index is 6.22. The summed E-state index contributed by atoms with van der Waals surface area (Å²) in [4.78, 5) is 4.88. The van der Waals surface area contributed by atoms with Gasteiger partial charge in [0.2, 0.25) is 0 Å². The lowest BCUT2D eigenvalue weighted by Crippen LogP contribution is -1.86. The van der Waals surface area contributed by atoms with Gasteiger partial charge < -0.3 is 8.83 Å². The molecule has 0 unspecified atom stereocenters. The molecule has 6 aromatic rings. The molecule has 0 N–H and O–H groups in total. The molecule has 0 radical (unpaired) electrons. The Kier molecular flexibility index (Phi) is 2.61. The third kappa shape index (κ3) is 1.80. The number of aromatic nitrogens is 1. The second kappa shape index (κ2) is 4.96. The lowest BCUT2D eigenvalue weighted by molar-refractivity contribution is 0.623. The number of pyridine rings is 1. The fourth-order valence-corrected chi connectivity index (χ4v) is 3.70. The van der Waals surface area contributed by atoms with Crippen LogP contribution in [0.1, 0.15) is 0 Å². The number of fused-ring (bicyclic) bond motifs is 6. The van der Waals surface area contributed by atoms with E-state index in [9.17, 15) is 0 Å². The fraction of sp³-hybridized carbons (Fsp3) is 0. The van der Waals surface area contributed by atoms with Crippen LogP contribution in [0.3, 0.4) is 0 Å². The second-order valence-electron chi connectivity index (χ2n) is 6.43. The Morgan fingerprint density at radius 1 is 0.654 bits per heavy atom. The minimum atomic E-state index is 0.723. The average molecular weight is 335 g/mol. The van der Waals surface area contributed by atoms with Crippen molar-refractivity contribution < 1.29 is 8.83 Å². The van der Waals surface area contributed by atoms with Crippen LogP contribution in [-0.2, 0) is 0 Å². The lowest BCUT2D eigenvalue weighted by Gasteiger charge is -2.03. The zero-order chi connectivity index (χ0) is 17.1. The summed E-state index contributed by atoms with van der Waals surface area (Å²) in [5.41, 5.74) is 4.15. The van der Waals surface area contributed by atoms with E-state index in [0.29, 0.717) is 0 Å². The van der Waals surface area contributed by atoms with Gasteiger partial charge in [0.25, 0.3) is 0 Å². The highest BCUT2D eigenvalue weighted by atomic mass is 16.3. The Labute approximate surface area is 148 Å². The Bertz CT molecular complexity index is 1410. The Morgan fingerprint density at radius 2 is 1.38 bits per heavy atom. The third-order valence-corrected chi connectivity index (χ3v) is 4.88. The molecular weight excluding hydrogens is 322 g/mol. The van der Waals surface area contributed by atoms with Crippen molar-refractivity contribution in [1.29, 1.82) is 0 Å². The smallest absolute Gasteiger partial charge is 0.165 e. The van der Waals surface area contributed by atoms with Crippen molar-refractivity contribution in [3.05, 3.63) is 78.9 Å². The van der Waals surface area contributed by atoms with Crippen LogP contribution in [-0.4, -0.2) is 4.98 Å². The van der Waals surface area contributed by atoms with Crippen LogP contribution in [0.15, 0.2) is 87.7 Å². The molecule has 0 aliphatic rings. The molecule has 0 atom stereocenters. The fourth-order valence-electron chi connectivity index (χ4n) is 3.70. The number of hydrogen-bond acceptors (Lipinski definition) is 3. The Balaban J connectivity index is 1.82. The maximum absolute atomic E-state index is 6.22. The zero-order valence-electron chi connectivity index (χ0n) is 13.8. The molecule has 0 spiro atoms. The highest BCUT2D eigenvalue weighted by molar-refractivity contribution is 6.20. The molecule has 122 valence electrons. The van der Waals surface area contributed by atoms with Crippen LogP contribution < -0.4 is 0 Å². The van der Waals surface area contributed by atoms with Crippen molar-refractivity contribution in [2.45, 2.75) is 0 Å². The standard InChI is InChI=1S/C23H13NO2/c1-5-11-18-14(7-1)13-20(25-18)22-23-21(15-8-2-4-10-17(15)24-22)16-9-3-6-12-19(16)26-23/h1-13H. The first-order valence-electron chi connectivity index (χ1n) is 8.57. The van der Waals surface area contributed by atoms with Gasteiger partial charge >= 0.3 is 0 Å². The van der Waals surface area contributed by atoms with Gasteiger partial charge in [0.15, 0.2) is 11.3 Å². The van der Waals surface area contributed by atoms with Crippen LogP contribution in [0.2, 0.25) is 0 Å². The molecule has 3 heteroatoms. The number of para-hydroxylation sites is 3. The van der Waals surface area contributed by atoms with E-state index in [4.69, 9.17) is 13.8 Å². The number of benzene rings is 3. The van der Waals surface area contributed by atoms with E-state index < -0.39 is 0 Å². The van der Waals surface area contributed by atoms with Crippen molar-refractivity contribution in [1.82, 2.24) is 4.98 Å². The van der Waals surface area contributed by atoms with E-state index in [1.165, 1.54) is 0 Å². The second-order valence-corrected chi connectivity index (χ2v) is 6.43. The first-order chi connectivity index (χ1) is 12.9. The maximum Gasteiger partial charge on any atom is 0.165 e. The summed E-state index contributed by atoms with van der Waals surface area (Å²) in [5.74, 6) is 0.723. The van der Waals surface area contributed by atoms with E-state index >= 15 is 0 Å². The summed E-state index contributed by atoms with van der Waals surface area (Å²) in [6.45, 7) is 0. The monoisotopic (exact) mass is 335 g/mol. The molecule has 0 aliphatic heterocycles. The van der Waals surface area contributed by atoms with Gasteiger partial charge in [-0.25, -0.2) is 4.98 Å². The van der Waals surface area contributed by atoms with E-state index in [0.717, 1.165) is 55.3 Å². The minimum absolute atomic E-state index is 0.723. The van der Waals surface area contributed by atoms with Crippen molar-refractivity contribution in [2.24, 2.45) is 0 Å². The highest BCUT2D eigenvalue weighted by Crippen LogP contribution is 2.40. The molecular formula is C23H13NO2. The van der Waals surface area contributed by atoms with Gasteiger partial charge in [0.05, 0.1) is 5.52 Å². The molecule has 6 rings (SSSR count). The predicted octanol–water partition coefficient (Wildman–Crippen LogP) is 6.55. The van der Waals surface area contributed by atoms with E-state index in [1.54, 1.807) is 0 Å². The van der Waals surface area contributed by atoms with Gasteiger partial charge in [0.1, 0.15) is 16.9 Å². The van der Waals surface area contributed by atoms with Crippen LogP contribution >= 0.6 is 0 Å². The quantitative estimate of drug-likeness (QED) is 0.342. The summed E-state index contributed by atoms with van der Waals surface area (Å²) in [5, 5.41) is 4.33. The molecule has 0 amide bonds. The molecule has 0 aliphatic carbocycles. The highest BCUT2D eigenvalue weighted by Gasteiger charge is 2.19. The number of hydrogen-bond donors (Lipinski definition) is 0. The Morgan fingerprint density at radius 3 is 2.27 bits per heavy atom. The number of nitrogens with zero attached hydrogens (tertiary/aromatic N) is 1. The molecule has 0 saturated heterocycles. The number of furan rings is 2. The molecule has 3 nitrogen and oxygen atoms in total. The minimum Gasteiger partial charge on any atom is -0.454 e. The molecule has 26 heavy (non-hydrogen) atoms. The van der Waals surface area contributed by atoms with Gasteiger partial charge in [-0.2, -0.15) is 0 Å². The molecule has 3 heterocycles. The zero-order valence-corrected chi connectivity index (χ0v) is 13.8. The molecule has 0 saturated carbocycles. The summed E-state index contributed by atoms with van der Waals surface area (Å²) in [7, 11) is 0. The average Bonchev–Trinajstić information content (AvgIpc) is 3.29. The Hall–Kier alpha value is -3.59. The van der Waals surface area contributed by atoms with Gasteiger partial charge in [0, 0.05) is 21.5 Å². The van der Waals surface area contributed by atoms with E-state index in [1.807, 2.05) is 66.7 Å². The van der Waals surface area contributed by atoms with Crippen LogP contribution in [0, 0.1) is 0 Å². The van der Waals surface area contributed by atoms with Crippen LogP contribution in [0.4, 0.5) is 0 Å². The van der Waals surface area contributed by atoms with Gasteiger partial charge in [-0.3, -0.25) is 0 Å². The largest absolute Gasteiger partial charge is 0.454 e. The molecule has 3 aromatic heterocycles. The van der Waals surface area contributed by atoms with Crippen LogP contribution in [0.5, 0.6) is 0 Å². The van der Waals surface area contributed by atoms with Gasteiger partial charge in [-0.1, -0.05) is 54.6 Å². The van der Waals surface area contributed by atoms with Gasteiger partial charge in [-0.15, -0.1) is 0 Å². The third-order valence-electron chi connectivity index (χ3n) is 4.88. The topological polar surface area (TPSA) is 39.2 Å². The van der Waals surface area contributed by atoms with E-state index in [-0.39, 0.29) is 0 Å². The molecule has 0 bridgehead atoms. The summed E-state index contributed by atoms with van der Waals surface area (Å²) in [6.07, 6.45) is 0. The van der Waals surface area contributed by atoms with Crippen molar-refractivity contribution in [2.75, 3.05) is 0 Å². The molecule has 3 aromatic carbocycles. The van der Waals surface area contributed by atoms with Gasteiger partial charge in [-0.05, 0) is 24.3 Å². The number of rotatable bonds is 1. The first-order valence-corrected chi connectivity index (χ1v) is 8.57. The van der Waals surface area contributed by atoms with Crippen molar-refractivity contribution in [3.8, 4) is 11.5 Å². The lowest BCUT2D eigenvalue weighted by atomic mass is 10.1.